The van der Waals surface area contributed by atoms with E-state index in [9.17, 15) is 9.59 Å². The highest BCUT2D eigenvalue weighted by molar-refractivity contribution is 7.97. The van der Waals surface area contributed by atoms with Crippen molar-refractivity contribution in [2.24, 2.45) is 7.05 Å². The van der Waals surface area contributed by atoms with Crippen LogP contribution in [0.4, 0.5) is 0 Å². The first kappa shape index (κ1) is 17.3. The smallest absolute Gasteiger partial charge is 0.335 e. The maximum absolute atomic E-state index is 12.5. The molecular formula is C19H16N4O3S. The molecule has 0 spiro atoms. The van der Waals surface area contributed by atoms with E-state index in [1.807, 2.05) is 34.7 Å². The maximum atomic E-state index is 12.5. The number of hydrogen-bond acceptors (Lipinski definition) is 5. The minimum Gasteiger partial charge on any atom is -0.478 e. The van der Waals surface area contributed by atoms with Crippen LogP contribution in [0.2, 0.25) is 0 Å². The molecule has 0 atom stereocenters. The monoisotopic (exact) mass is 380 g/mol. The molecule has 8 heteroatoms. The first-order chi connectivity index (χ1) is 13.1. The van der Waals surface area contributed by atoms with Crippen LogP contribution >= 0.6 is 11.8 Å². The molecule has 0 unspecified atom stereocenters. The Morgan fingerprint density at radius 2 is 1.81 bits per heavy atom. The van der Waals surface area contributed by atoms with Crippen molar-refractivity contribution in [2.75, 3.05) is 0 Å². The topological polar surface area (TPSA) is 89.5 Å². The molecule has 0 fully saturated rings. The molecule has 7 nitrogen and oxygen atoms in total. The highest BCUT2D eigenvalue weighted by Gasteiger charge is 2.14. The van der Waals surface area contributed by atoms with Gasteiger partial charge in [-0.3, -0.25) is 13.8 Å². The molecule has 0 amide bonds. The lowest BCUT2D eigenvalue weighted by molar-refractivity contribution is 0.0697. The number of carbonyl (C=O) groups is 1. The van der Waals surface area contributed by atoms with E-state index in [1.165, 1.54) is 4.57 Å². The number of thioether (sulfide) groups is 1. The van der Waals surface area contributed by atoms with E-state index in [2.05, 4.69) is 10.2 Å². The lowest BCUT2D eigenvalue weighted by atomic mass is 10.1. The van der Waals surface area contributed by atoms with Crippen LogP contribution in [-0.2, 0) is 18.6 Å². The minimum atomic E-state index is -0.929. The summed E-state index contributed by atoms with van der Waals surface area (Å²) in [5.74, 6) is 1.69. The van der Waals surface area contributed by atoms with E-state index in [4.69, 9.17) is 5.11 Å². The molecule has 136 valence electrons. The zero-order valence-corrected chi connectivity index (χ0v) is 15.3. The van der Waals surface area contributed by atoms with Crippen molar-refractivity contribution >= 4 is 34.4 Å². The normalized spacial score (nSPS) is 11.3. The molecular weight excluding hydrogens is 364 g/mol. The predicted octanol–water partition coefficient (Wildman–Crippen LogP) is 2.71. The summed E-state index contributed by atoms with van der Waals surface area (Å²) in [5, 5.41) is 18.0. The molecule has 0 aliphatic rings. The number of hydrogen-bond donors (Lipinski definition) is 1. The van der Waals surface area contributed by atoms with E-state index in [0.29, 0.717) is 16.9 Å². The maximum Gasteiger partial charge on any atom is 0.335 e. The van der Waals surface area contributed by atoms with Gasteiger partial charge in [0.1, 0.15) is 5.82 Å². The van der Waals surface area contributed by atoms with Gasteiger partial charge in [0.15, 0.2) is 0 Å². The fourth-order valence-electron chi connectivity index (χ4n) is 2.99. The third-order valence-corrected chi connectivity index (χ3v) is 5.39. The Morgan fingerprint density at radius 1 is 1.07 bits per heavy atom. The number of fused-ring (bicyclic) bond motifs is 3. The molecule has 1 N–H and O–H groups in total. The number of aromatic nitrogens is 4. The summed E-state index contributed by atoms with van der Waals surface area (Å²) in [5.41, 5.74) is 2.01. The van der Waals surface area contributed by atoms with Gasteiger partial charge in [-0.2, -0.15) is 0 Å². The summed E-state index contributed by atoms with van der Waals surface area (Å²) in [6.07, 6.45) is 0. The van der Waals surface area contributed by atoms with Crippen LogP contribution in [0.15, 0.2) is 53.3 Å². The Balaban J connectivity index is 1.61. The fourth-order valence-corrected chi connectivity index (χ4v) is 3.89. The molecule has 2 aromatic heterocycles. The molecule has 2 aromatic carbocycles. The van der Waals surface area contributed by atoms with Crippen LogP contribution in [0.3, 0.4) is 0 Å². The summed E-state index contributed by atoms with van der Waals surface area (Å²) in [4.78, 5) is 23.4. The number of rotatable bonds is 5. The van der Waals surface area contributed by atoms with Gasteiger partial charge in [0.25, 0.3) is 5.56 Å². The highest BCUT2D eigenvalue weighted by Crippen LogP contribution is 2.20. The van der Waals surface area contributed by atoms with Crippen LogP contribution in [0.5, 0.6) is 0 Å². The van der Waals surface area contributed by atoms with Crippen LogP contribution in [0.1, 0.15) is 21.7 Å². The lowest BCUT2D eigenvalue weighted by Gasteiger charge is -2.07. The Bertz CT molecular complexity index is 1210. The Morgan fingerprint density at radius 3 is 2.56 bits per heavy atom. The van der Waals surface area contributed by atoms with Crippen LogP contribution < -0.4 is 5.56 Å². The minimum absolute atomic E-state index is 0.0942. The number of para-hydroxylation sites is 1. The van der Waals surface area contributed by atoms with Crippen LogP contribution in [0, 0.1) is 0 Å². The van der Waals surface area contributed by atoms with Gasteiger partial charge in [0, 0.05) is 12.8 Å². The highest BCUT2D eigenvalue weighted by atomic mass is 32.2. The average Bonchev–Trinajstić information content (AvgIpc) is 3.11. The first-order valence-electron chi connectivity index (χ1n) is 8.28. The molecule has 4 aromatic rings. The van der Waals surface area contributed by atoms with Gasteiger partial charge in [-0.25, -0.2) is 4.79 Å². The SMILES string of the molecule is Cn1c(=O)c2ccccc2n2c(CSCc3ccc(C(=O)O)cc3)nnc12. The molecule has 0 saturated carbocycles. The van der Waals surface area contributed by atoms with Gasteiger partial charge >= 0.3 is 5.97 Å². The van der Waals surface area contributed by atoms with Crippen molar-refractivity contribution < 1.29 is 9.90 Å². The van der Waals surface area contributed by atoms with Crippen molar-refractivity contribution in [2.45, 2.75) is 11.5 Å². The zero-order valence-electron chi connectivity index (χ0n) is 14.5. The number of carboxylic acid groups (broad SMARTS) is 1. The average molecular weight is 380 g/mol. The number of nitrogens with zero attached hydrogens (tertiary/aromatic N) is 4. The van der Waals surface area contributed by atoms with Crippen molar-refractivity contribution in [1.29, 1.82) is 0 Å². The molecule has 0 saturated heterocycles. The molecule has 2 heterocycles. The lowest BCUT2D eigenvalue weighted by Crippen LogP contribution is -2.20. The molecule has 0 aliphatic carbocycles. The van der Waals surface area contributed by atoms with Gasteiger partial charge < -0.3 is 5.11 Å². The predicted molar refractivity (Wildman–Crippen MR) is 104 cm³/mol. The Hall–Kier alpha value is -3.13. The first-order valence-corrected chi connectivity index (χ1v) is 9.43. The van der Waals surface area contributed by atoms with E-state index in [0.717, 1.165) is 22.7 Å². The van der Waals surface area contributed by atoms with Crippen molar-refractivity contribution in [3.8, 4) is 0 Å². The quantitative estimate of drug-likeness (QED) is 0.573. The summed E-state index contributed by atoms with van der Waals surface area (Å²) in [6.45, 7) is 0. The number of carboxylic acids is 1. The second-order valence-electron chi connectivity index (χ2n) is 6.13. The summed E-state index contributed by atoms with van der Waals surface area (Å²) >= 11 is 1.65. The number of aryl methyl sites for hydroxylation is 1. The third kappa shape index (κ3) is 3.08. The van der Waals surface area contributed by atoms with Crippen LogP contribution in [-0.4, -0.2) is 30.2 Å². The standard InChI is InChI=1S/C19H16N4O3S/c1-22-17(24)14-4-2-3-5-15(14)23-16(20-21-19(22)23)11-27-10-12-6-8-13(9-7-12)18(25)26/h2-9H,10-11H2,1H3,(H,25,26). The van der Waals surface area contributed by atoms with E-state index < -0.39 is 5.97 Å². The zero-order chi connectivity index (χ0) is 19.0. The third-order valence-electron chi connectivity index (χ3n) is 4.39. The summed E-state index contributed by atoms with van der Waals surface area (Å²) in [7, 11) is 1.69. The molecule has 0 aliphatic heterocycles. The van der Waals surface area contributed by atoms with Gasteiger partial charge in [0.05, 0.1) is 22.2 Å². The molecule has 27 heavy (non-hydrogen) atoms. The van der Waals surface area contributed by atoms with E-state index in [-0.39, 0.29) is 11.1 Å². The van der Waals surface area contributed by atoms with Gasteiger partial charge in [-0.05, 0) is 29.8 Å². The Labute approximate surface area is 158 Å². The number of aromatic carboxylic acids is 1. The van der Waals surface area contributed by atoms with Gasteiger partial charge in [-0.15, -0.1) is 22.0 Å². The fraction of sp³-hybridized carbons (Fsp3) is 0.158. The summed E-state index contributed by atoms with van der Waals surface area (Å²) < 4.78 is 3.42. The largest absolute Gasteiger partial charge is 0.478 e. The van der Waals surface area contributed by atoms with Crippen molar-refractivity contribution in [3.63, 3.8) is 0 Å². The van der Waals surface area contributed by atoms with E-state index in [1.54, 1.807) is 37.0 Å². The van der Waals surface area contributed by atoms with Crippen LogP contribution in [0.25, 0.3) is 16.7 Å². The molecule has 4 rings (SSSR count). The summed E-state index contributed by atoms with van der Waals surface area (Å²) in [6, 6.07) is 14.3. The second-order valence-corrected chi connectivity index (χ2v) is 7.11. The number of benzene rings is 2. The molecule has 0 bridgehead atoms. The Kier molecular flexibility index (Phi) is 4.41. The van der Waals surface area contributed by atoms with Gasteiger partial charge in [0.2, 0.25) is 5.78 Å². The van der Waals surface area contributed by atoms with Crippen molar-refractivity contribution in [1.82, 2.24) is 19.2 Å². The molecule has 0 radical (unpaired) electrons. The van der Waals surface area contributed by atoms with Crippen molar-refractivity contribution in [3.05, 3.63) is 75.8 Å². The van der Waals surface area contributed by atoms with E-state index >= 15 is 0 Å². The second kappa shape index (κ2) is 6.88. The van der Waals surface area contributed by atoms with Gasteiger partial charge in [-0.1, -0.05) is 24.3 Å².